The lowest BCUT2D eigenvalue weighted by atomic mass is 9.86. The van der Waals surface area contributed by atoms with E-state index in [2.05, 4.69) is 5.32 Å². The molecule has 3 N–H and O–H groups in total. The van der Waals surface area contributed by atoms with Crippen molar-refractivity contribution in [1.29, 1.82) is 0 Å². The van der Waals surface area contributed by atoms with Crippen LogP contribution >= 0.6 is 23.2 Å². The van der Waals surface area contributed by atoms with Gasteiger partial charge in [-0.2, -0.15) is 0 Å². The van der Waals surface area contributed by atoms with Gasteiger partial charge in [-0.3, -0.25) is 4.79 Å². The van der Waals surface area contributed by atoms with E-state index in [1.807, 2.05) is 20.8 Å². The van der Waals surface area contributed by atoms with E-state index in [0.29, 0.717) is 22.2 Å². The van der Waals surface area contributed by atoms with Gasteiger partial charge in [0.2, 0.25) is 0 Å². The Bertz CT molecular complexity index is 441. The highest BCUT2D eigenvalue weighted by Crippen LogP contribution is 2.23. The molecule has 3 nitrogen and oxygen atoms in total. The smallest absolute Gasteiger partial charge is 0.251 e. The second-order valence-electron chi connectivity index (χ2n) is 5.26. The fourth-order valence-corrected chi connectivity index (χ4v) is 1.81. The van der Waals surface area contributed by atoms with Gasteiger partial charge in [0.1, 0.15) is 0 Å². The zero-order valence-electron chi connectivity index (χ0n) is 10.8. The monoisotopic (exact) mass is 288 g/mol. The molecule has 0 fully saturated rings. The SMILES string of the molecule is CC(C)(C)C(CN)NC(=O)c1ccc(Cl)c(Cl)c1. The lowest BCUT2D eigenvalue weighted by Gasteiger charge is -2.30. The first-order chi connectivity index (χ1) is 8.25. The minimum absolute atomic E-state index is 0.0966. The van der Waals surface area contributed by atoms with E-state index < -0.39 is 0 Å². The lowest BCUT2D eigenvalue weighted by Crippen LogP contribution is -2.48. The summed E-state index contributed by atoms with van der Waals surface area (Å²) in [7, 11) is 0. The number of halogens is 2. The first-order valence-corrected chi connectivity index (χ1v) is 6.47. The molecule has 5 heteroatoms. The Balaban J connectivity index is 2.85. The number of carbonyl (C=O) groups is 1. The van der Waals surface area contributed by atoms with Crippen LogP contribution in [-0.2, 0) is 0 Å². The maximum atomic E-state index is 12.1. The van der Waals surface area contributed by atoms with Crippen LogP contribution < -0.4 is 11.1 Å². The molecule has 0 bridgehead atoms. The van der Waals surface area contributed by atoms with Gasteiger partial charge < -0.3 is 11.1 Å². The quantitative estimate of drug-likeness (QED) is 0.898. The molecule has 0 spiro atoms. The van der Waals surface area contributed by atoms with Gasteiger partial charge in [0.25, 0.3) is 5.91 Å². The van der Waals surface area contributed by atoms with Crippen LogP contribution in [0.25, 0.3) is 0 Å². The lowest BCUT2D eigenvalue weighted by molar-refractivity contribution is 0.0905. The van der Waals surface area contributed by atoms with Crippen molar-refractivity contribution in [2.75, 3.05) is 6.54 Å². The number of hydrogen-bond donors (Lipinski definition) is 2. The number of nitrogens with two attached hydrogens (primary N) is 1. The van der Waals surface area contributed by atoms with Crippen LogP contribution in [0.15, 0.2) is 18.2 Å². The molecule has 0 saturated carbocycles. The highest BCUT2D eigenvalue weighted by Gasteiger charge is 2.25. The van der Waals surface area contributed by atoms with E-state index in [1.165, 1.54) is 0 Å². The largest absolute Gasteiger partial charge is 0.348 e. The fraction of sp³-hybridized carbons (Fsp3) is 0.462. The molecular formula is C13H18Cl2N2O. The van der Waals surface area contributed by atoms with E-state index in [-0.39, 0.29) is 17.4 Å². The van der Waals surface area contributed by atoms with Crippen molar-refractivity contribution in [3.63, 3.8) is 0 Å². The van der Waals surface area contributed by atoms with Crippen LogP contribution in [0, 0.1) is 5.41 Å². The molecule has 1 amide bonds. The van der Waals surface area contributed by atoms with Gasteiger partial charge in [-0.05, 0) is 23.6 Å². The van der Waals surface area contributed by atoms with Crippen molar-refractivity contribution < 1.29 is 4.79 Å². The molecule has 1 aromatic rings. The predicted octanol–water partition coefficient (Wildman–Crippen LogP) is 3.10. The van der Waals surface area contributed by atoms with Gasteiger partial charge in [0.15, 0.2) is 0 Å². The number of amides is 1. The third-order valence-corrected chi connectivity index (χ3v) is 3.51. The highest BCUT2D eigenvalue weighted by molar-refractivity contribution is 6.42. The van der Waals surface area contributed by atoms with Gasteiger partial charge in [0.05, 0.1) is 10.0 Å². The summed E-state index contributed by atoms with van der Waals surface area (Å²) >= 11 is 11.7. The van der Waals surface area contributed by atoms with Gasteiger partial charge in [0, 0.05) is 18.2 Å². The maximum absolute atomic E-state index is 12.1. The number of benzene rings is 1. The molecular weight excluding hydrogens is 271 g/mol. The van der Waals surface area contributed by atoms with Gasteiger partial charge >= 0.3 is 0 Å². The Morgan fingerprint density at radius 1 is 1.33 bits per heavy atom. The summed E-state index contributed by atoms with van der Waals surface area (Å²) in [6.07, 6.45) is 0. The number of hydrogen-bond acceptors (Lipinski definition) is 2. The molecule has 0 aliphatic carbocycles. The Hall–Kier alpha value is -0.770. The molecule has 1 atom stereocenters. The van der Waals surface area contributed by atoms with E-state index >= 15 is 0 Å². The summed E-state index contributed by atoms with van der Waals surface area (Å²) in [5, 5.41) is 3.70. The van der Waals surface area contributed by atoms with Crippen LogP contribution in [0.2, 0.25) is 10.0 Å². The maximum Gasteiger partial charge on any atom is 0.251 e. The summed E-state index contributed by atoms with van der Waals surface area (Å²) in [5.41, 5.74) is 6.06. The Morgan fingerprint density at radius 2 is 1.94 bits per heavy atom. The molecule has 0 saturated heterocycles. The summed E-state index contributed by atoms with van der Waals surface area (Å²) in [6.45, 7) is 6.47. The van der Waals surface area contributed by atoms with Crippen LogP contribution in [0.3, 0.4) is 0 Å². The Labute approximate surface area is 118 Å². The van der Waals surface area contributed by atoms with E-state index in [9.17, 15) is 4.79 Å². The van der Waals surface area contributed by atoms with Gasteiger partial charge in [-0.25, -0.2) is 0 Å². The normalized spacial score (nSPS) is 13.2. The summed E-state index contributed by atoms with van der Waals surface area (Å²) in [4.78, 5) is 12.1. The van der Waals surface area contributed by atoms with Crippen molar-refractivity contribution in [2.24, 2.45) is 11.1 Å². The number of nitrogens with one attached hydrogen (secondary N) is 1. The number of carbonyl (C=O) groups excluding carboxylic acids is 1. The van der Waals surface area contributed by atoms with Gasteiger partial charge in [-0.1, -0.05) is 44.0 Å². The van der Waals surface area contributed by atoms with Crippen molar-refractivity contribution in [3.05, 3.63) is 33.8 Å². The van der Waals surface area contributed by atoms with Gasteiger partial charge in [-0.15, -0.1) is 0 Å². The summed E-state index contributed by atoms with van der Waals surface area (Å²) < 4.78 is 0. The molecule has 18 heavy (non-hydrogen) atoms. The Morgan fingerprint density at radius 3 is 2.39 bits per heavy atom. The van der Waals surface area contributed by atoms with E-state index in [1.54, 1.807) is 18.2 Å². The van der Waals surface area contributed by atoms with Crippen LogP contribution in [0.5, 0.6) is 0 Å². The average molecular weight is 289 g/mol. The van der Waals surface area contributed by atoms with E-state index in [4.69, 9.17) is 28.9 Å². The van der Waals surface area contributed by atoms with Crippen LogP contribution in [-0.4, -0.2) is 18.5 Å². The van der Waals surface area contributed by atoms with Crippen LogP contribution in [0.4, 0.5) is 0 Å². The number of rotatable bonds is 3. The molecule has 1 rings (SSSR count). The third kappa shape index (κ3) is 3.87. The molecule has 1 unspecified atom stereocenters. The molecule has 1 aromatic carbocycles. The minimum Gasteiger partial charge on any atom is -0.348 e. The second kappa shape index (κ2) is 5.91. The van der Waals surface area contributed by atoms with E-state index in [0.717, 1.165) is 0 Å². The average Bonchev–Trinajstić information content (AvgIpc) is 2.27. The predicted molar refractivity (Wildman–Crippen MR) is 76.2 cm³/mol. The van der Waals surface area contributed by atoms with Crippen molar-refractivity contribution in [2.45, 2.75) is 26.8 Å². The Kier molecular flexibility index (Phi) is 5.02. The molecule has 0 aromatic heterocycles. The summed E-state index contributed by atoms with van der Waals surface area (Å²) in [5.74, 6) is -0.195. The highest BCUT2D eigenvalue weighted by atomic mass is 35.5. The third-order valence-electron chi connectivity index (χ3n) is 2.77. The minimum atomic E-state index is -0.195. The van der Waals surface area contributed by atoms with Crippen molar-refractivity contribution in [1.82, 2.24) is 5.32 Å². The zero-order chi connectivity index (χ0) is 13.9. The summed E-state index contributed by atoms with van der Waals surface area (Å²) in [6, 6.07) is 4.70. The zero-order valence-corrected chi connectivity index (χ0v) is 12.3. The fourth-order valence-electron chi connectivity index (χ4n) is 1.51. The molecule has 0 aliphatic rings. The van der Waals surface area contributed by atoms with Crippen LogP contribution in [0.1, 0.15) is 31.1 Å². The molecule has 100 valence electrons. The van der Waals surface area contributed by atoms with Crippen molar-refractivity contribution >= 4 is 29.1 Å². The molecule has 0 radical (unpaired) electrons. The molecule has 0 aliphatic heterocycles. The first kappa shape index (κ1) is 15.3. The topological polar surface area (TPSA) is 55.1 Å². The molecule has 0 heterocycles. The van der Waals surface area contributed by atoms with Crippen molar-refractivity contribution in [3.8, 4) is 0 Å². The standard InChI is InChI=1S/C13H18Cl2N2O/c1-13(2,3)11(7-16)17-12(18)8-4-5-9(14)10(15)6-8/h4-6,11H,7,16H2,1-3H3,(H,17,18). The first-order valence-electron chi connectivity index (χ1n) is 5.71. The second-order valence-corrected chi connectivity index (χ2v) is 6.07.